The SMILES string of the molecule is COc1ccc2c(CCN)cn(CCO)c2c1. The van der Waals surface area contributed by atoms with Crippen molar-refractivity contribution in [2.45, 2.75) is 13.0 Å². The molecule has 0 spiro atoms. The molecule has 0 bridgehead atoms. The molecule has 0 atom stereocenters. The van der Waals surface area contributed by atoms with Crippen molar-refractivity contribution in [1.29, 1.82) is 0 Å². The molecule has 4 nitrogen and oxygen atoms in total. The quantitative estimate of drug-likeness (QED) is 0.815. The van der Waals surface area contributed by atoms with Gasteiger partial charge >= 0.3 is 0 Å². The first kappa shape index (κ1) is 12.0. The van der Waals surface area contributed by atoms with Gasteiger partial charge in [-0.2, -0.15) is 0 Å². The second-order valence-corrected chi connectivity index (χ2v) is 3.99. The van der Waals surface area contributed by atoms with E-state index in [1.165, 1.54) is 10.9 Å². The lowest BCUT2D eigenvalue weighted by Crippen LogP contribution is -2.02. The van der Waals surface area contributed by atoms with E-state index >= 15 is 0 Å². The van der Waals surface area contributed by atoms with Gasteiger partial charge in [0.05, 0.1) is 19.2 Å². The highest BCUT2D eigenvalue weighted by molar-refractivity contribution is 5.85. The number of aliphatic hydroxyl groups excluding tert-OH is 1. The molecule has 92 valence electrons. The standard InChI is InChI=1S/C13H18N2O2/c1-17-11-2-3-12-10(4-5-14)9-15(6-7-16)13(12)8-11/h2-3,8-9,16H,4-7,14H2,1H3. The maximum atomic E-state index is 9.07. The highest BCUT2D eigenvalue weighted by Gasteiger charge is 2.08. The second-order valence-electron chi connectivity index (χ2n) is 3.99. The van der Waals surface area contributed by atoms with Gasteiger partial charge in [0.15, 0.2) is 0 Å². The Balaban J connectivity index is 2.54. The normalized spacial score (nSPS) is 11.0. The lowest BCUT2D eigenvalue weighted by Gasteiger charge is -2.04. The first-order valence-electron chi connectivity index (χ1n) is 5.77. The summed E-state index contributed by atoms with van der Waals surface area (Å²) in [6, 6.07) is 5.99. The molecule has 0 saturated heterocycles. The Kier molecular flexibility index (Phi) is 3.66. The van der Waals surface area contributed by atoms with Gasteiger partial charge in [-0.3, -0.25) is 0 Å². The van der Waals surface area contributed by atoms with Crippen molar-refractivity contribution in [3.05, 3.63) is 30.0 Å². The van der Waals surface area contributed by atoms with Crippen LogP contribution in [0, 0.1) is 0 Å². The second kappa shape index (κ2) is 5.21. The Labute approximate surface area is 101 Å². The third-order valence-electron chi connectivity index (χ3n) is 2.93. The van der Waals surface area contributed by atoms with E-state index in [1.807, 2.05) is 22.8 Å². The molecule has 0 amide bonds. The molecule has 0 saturated carbocycles. The minimum atomic E-state index is 0.128. The molecule has 3 N–H and O–H groups in total. The van der Waals surface area contributed by atoms with E-state index in [9.17, 15) is 0 Å². The zero-order chi connectivity index (χ0) is 12.3. The van der Waals surface area contributed by atoms with E-state index in [0.29, 0.717) is 13.1 Å². The molecule has 2 rings (SSSR count). The van der Waals surface area contributed by atoms with Gasteiger partial charge in [-0.05, 0) is 30.7 Å². The highest BCUT2D eigenvalue weighted by Crippen LogP contribution is 2.26. The summed E-state index contributed by atoms with van der Waals surface area (Å²) in [5.41, 5.74) is 7.91. The van der Waals surface area contributed by atoms with Gasteiger partial charge in [0.1, 0.15) is 5.75 Å². The number of hydrogen-bond acceptors (Lipinski definition) is 3. The van der Waals surface area contributed by atoms with E-state index < -0.39 is 0 Å². The fourth-order valence-corrected chi connectivity index (χ4v) is 2.12. The van der Waals surface area contributed by atoms with E-state index in [4.69, 9.17) is 15.6 Å². The number of aromatic nitrogens is 1. The molecule has 0 unspecified atom stereocenters. The summed E-state index contributed by atoms with van der Waals surface area (Å²) in [6.45, 7) is 1.35. The minimum absolute atomic E-state index is 0.128. The molecule has 4 heteroatoms. The molecule has 0 aliphatic carbocycles. The van der Waals surface area contributed by atoms with E-state index in [2.05, 4.69) is 6.20 Å². The van der Waals surface area contributed by atoms with Gasteiger partial charge in [0, 0.05) is 24.2 Å². The molecule has 0 fully saturated rings. The lowest BCUT2D eigenvalue weighted by molar-refractivity contribution is 0.278. The van der Waals surface area contributed by atoms with Crippen LogP contribution in [0.25, 0.3) is 10.9 Å². The Hall–Kier alpha value is -1.52. The Morgan fingerprint density at radius 3 is 2.88 bits per heavy atom. The largest absolute Gasteiger partial charge is 0.497 e. The fraction of sp³-hybridized carbons (Fsp3) is 0.385. The van der Waals surface area contributed by atoms with E-state index in [-0.39, 0.29) is 6.61 Å². The first-order valence-corrected chi connectivity index (χ1v) is 5.77. The number of rotatable bonds is 5. The van der Waals surface area contributed by atoms with Crippen LogP contribution < -0.4 is 10.5 Å². The molecule has 0 aliphatic rings. The number of fused-ring (bicyclic) bond motifs is 1. The summed E-state index contributed by atoms with van der Waals surface area (Å²) in [5, 5.41) is 10.3. The van der Waals surface area contributed by atoms with Gasteiger partial charge in [0.2, 0.25) is 0 Å². The van der Waals surface area contributed by atoms with Crippen LogP contribution in [-0.2, 0) is 13.0 Å². The van der Waals surface area contributed by atoms with Crippen LogP contribution >= 0.6 is 0 Å². The Morgan fingerprint density at radius 1 is 1.41 bits per heavy atom. The predicted octanol–water partition coefficient (Wildman–Crippen LogP) is 1.14. The summed E-state index contributed by atoms with van der Waals surface area (Å²) in [6.07, 6.45) is 2.91. The number of nitrogens with two attached hydrogens (primary N) is 1. The molecular formula is C13H18N2O2. The maximum Gasteiger partial charge on any atom is 0.120 e. The number of benzene rings is 1. The van der Waals surface area contributed by atoms with Gasteiger partial charge in [0.25, 0.3) is 0 Å². The highest BCUT2D eigenvalue weighted by atomic mass is 16.5. The van der Waals surface area contributed by atoms with Crippen molar-refractivity contribution in [1.82, 2.24) is 4.57 Å². The minimum Gasteiger partial charge on any atom is -0.497 e. The van der Waals surface area contributed by atoms with Gasteiger partial charge < -0.3 is 20.1 Å². The molecule has 0 radical (unpaired) electrons. The van der Waals surface area contributed by atoms with Crippen molar-refractivity contribution in [3.8, 4) is 5.75 Å². The van der Waals surface area contributed by atoms with Gasteiger partial charge in [-0.15, -0.1) is 0 Å². The summed E-state index contributed by atoms with van der Waals surface area (Å²) >= 11 is 0. The van der Waals surface area contributed by atoms with Crippen LogP contribution in [0.15, 0.2) is 24.4 Å². The fourth-order valence-electron chi connectivity index (χ4n) is 2.12. The lowest BCUT2D eigenvalue weighted by atomic mass is 10.1. The van der Waals surface area contributed by atoms with Crippen LogP contribution in [0.5, 0.6) is 5.75 Å². The third kappa shape index (κ3) is 2.28. The average Bonchev–Trinajstić information content (AvgIpc) is 2.68. The smallest absolute Gasteiger partial charge is 0.120 e. The zero-order valence-corrected chi connectivity index (χ0v) is 10.0. The van der Waals surface area contributed by atoms with Crippen molar-refractivity contribution >= 4 is 10.9 Å². The van der Waals surface area contributed by atoms with Crippen LogP contribution in [-0.4, -0.2) is 29.9 Å². The summed E-state index contributed by atoms with van der Waals surface area (Å²) < 4.78 is 7.27. The monoisotopic (exact) mass is 234 g/mol. The molecule has 0 aliphatic heterocycles. The van der Waals surface area contributed by atoms with Crippen molar-refractivity contribution in [2.75, 3.05) is 20.3 Å². The molecular weight excluding hydrogens is 216 g/mol. The molecule has 2 aromatic rings. The molecule has 1 heterocycles. The van der Waals surface area contributed by atoms with Crippen molar-refractivity contribution < 1.29 is 9.84 Å². The van der Waals surface area contributed by atoms with Crippen molar-refractivity contribution in [3.63, 3.8) is 0 Å². The Bertz CT molecular complexity index is 505. The summed E-state index contributed by atoms with van der Waals surface area (Å²) in [5.74, 6) is 0.828. The van der Waals surface area contributed by atoms with E-state index in [0.717, 1.165) is 17.7 Å². The first-order chi connectivity index (χ1) is 8.30. The number of methoxy groups -OCH3 is 1. The summed E-state index contributed by atoms with van der Waals surface area (Å²) in [7, 11) is 1.65. The van der Waals surface area contributed by atoms with Crippen LogP contribution in [0.1, 0.15) is 5.56 Å². The maximum absolute atomic E-state index is 9.07. The molecule has 17 heavy (non-hydrogen) atoms. The van der Waals surface area contributed by atoms with Crippen molar-refractivity contribution in [2.24, 2.45) is 5.73 Å². The average molecular weight is 234 g/mol. The molecule has 1 aromatic carbocycles. The number of nitrogens with zero attached hydrogens (tertiary/aromatic N) is 1. The molecule has 1 aromatic heterocycles. The Morgan fingerprint density at radius 2 is 2.24 bits per heavy atom. The van der Waals surface area contributed by atoms with Crippen LogP contribution in [0.4, 0.5) is 0 Å². The van der Waals surface area contributed by atoms with Crippen LogP contribution in [0.2, 0.25) is 0 Å². The zero-order valence-electron chi connectivity index (χ0n) is 10.0. The van der Waals surface area contributed by atoms with Gasteiger partial charge in [-0.25, -0.2) is 0 Å². The predicted molar refractivity (Wildman–Crippen MR) is 68.3 cm³/mol. The van der Waals surface area contributed by atoms with Gasteiger partial charge in [-0.1, -0.05) is 0 Å². The number of hydrogen-bond donors (Lipinski definition) is 2. The van der Waals surface area contributed by atoms with Crippen LogP contribution in [0.3, 0.4) is 0 Å². The number of ether oxygens (including phenoxy) is 1. The number of aliphatic hydroxyl groups is 1. The summed E-state index contributed by atoms with van der Waals surface area (Å²) in [4.78, 5) is 0. The topological polar surface area (TPSA) is 60.4 Å². The third-order valence-corrected chi connectivity index (χ3v) is 2.93. The van der Waals surface area contributed by atoms with E-state index in [1.54, 1.807) is 7.11 Å².